The lowest BCUT2D eigenvalue weighted by Gasteiger charge is -2.36. The van der Waals surface area contributed by atoms with Crippen LogP contribution in [0.1, 0.15) is 10.4 Å². The maximum absolute atomic E-state index is 6.02. The monoisotopic (exact) mass is 350 g/mol. The van der Waals surface area contributed by atoms with Crippen molar-refractivity contribution in [3.05, 3.63) is 51.2 Å². The van der Waals surface area contributed by atoms with Crippen LogP contribution in [0.15, 0.2) is 36.4 Å². The van der Waals surface area contributed by atoms with Gasteiger partial charge in [0.1, 0.15) is 0 Å². The van der Waals surface area contributed by atoms with Crippen molar-refractivity contribution >= 4 is 28.6 Å². The zero-order valence-corrected chi connectivity index (χ0v) is 15.1. The van der Waals surface area contributed by atoms with E-state index in [1.54, 1.807) is 18.4 Å². The zero-order chi connectivity index (χ0) is 16.1. The minimum atomic E-state index is 0.774. The number of benzene rings is 1. The van der Waals surface area contributed by atoms with E-state index >= 15 is 0 Å². The Kier molecular flexibility index (Phi) is 5.95. The van der Waals surface area contributed by atoms with Crippen LogP contribution >= 0.6 is 22.9 Å². The van der Waals surface area contributed by atoms with Crippen LogP contribution in [0.2, 0.25) is 4.34 Å². The average Bonchev–Trinajstić information content (AvgIpc) is 2.99. The fourth-order valence-electron chi connectivity index (χ4n) is 3.05. The first kappa shape index (κ1) is 16.8. The molecule has 1 saturated heterocycles. The Morgan fingerprint density at radius 2 is 1.87 bits per heavy atom. The van der Waals surface area contributed by atoms with Crippen LogP contribution in [0.5, 0.6) is 0 Å². The van der Waals surface area contributed by atoms with Crippen LogP contribution in [-0.2, 0) is 17.7 Å². The second-order valence-corrected chi connectivity index (χ2v) is 7.64. The van der Waals surface area contributed by atoms with Gasteiger partial charge in [0.2, 0.25) is 0 Å². The number of methoxy groups -OCH3 is 1. The molecule has 0 amide bonds. The van der Waals surface area contributed by atoms with Gasteiger partial charge in [-0.1, -0.05) is 29.8 Å². The summed E-state index contributed by atoms with van der Waals surface area (Å²) in [4.78, 5) is 6.36. The number of anilines is 1. The molecule has 0 aliphatic carbocycles. The molecule has 1 aromatic heterocycles. The van der Waals surface area contributed by atoms with Crippen molar-refractivity contribution in [2.75, 3.05) is 44.8 Å². The van der Waals surface area contributed by atoms with E-state index in [4.69, 9.17) is 16.3 Å². The van der Waals surface area contributed by atoms with Gasteiger partial charge in [-0.3, -0.25) is 4.90 Å². The van der Waals surface area contributed by atoms with E-state index in [1.165, 1.54) is 16.1 Å². The van der Waals surface area contributed by atoms with E-state index in [9.17, 15) is 0 Å². The molecule has 124 valence electrons. The molecule has 1 aromatic carbocycles. The highest BCUT2D eigenvalue weighted by Crippen LogP contribution is 2.25. The first-order chi connectivity index (χ1) is 11.3. The average molecular weight is 351 g/mol. The zero-order valence-electron chi connectivity index (χ0n) is 13.5. The quantitative estimate of drug-likeness (QED) is 0.785. The van der Waals surface area contributed by atoms with Crippen molar-refractivity contribution in [1.29, 1.82) is 0 Å². The lowest BCUT2D eigenvalue weighted by atomic mass is 10.1. The number of halogens is 1. The van der Waals surface area contributed by atoms with Gasteiger partial charge in [-0.15, -0.1) is 11.3 Å². The summed E-state index contributed by atoms with van der Waals surface area (Å²) in [6.45, 7) is 6.11. The largest absolute Gasteiger partial charge is 0.384 e. The van der Waals surface area contributed by atoms with Gasteiger partial charge >= 0.3 is 0 Å². The van der Waals surface area contributed by atoms with Crippen molar-refractivity contribution in [2.45, 2.75) is 13.0 Å². The van der Waals surface area contributed by atoms with Gasteiger partial charge in [-0.25, -0.2) is 0 Å². The fourth-order valence-corrected chi connectivity index (χ4v) is 4.18. The minimum absolute atomic E-state index is 0.774. The molecule has 0 atom stereocenters. The molecule has 0 radical (unpaired) electrons. The molecule has 0 N–H and O–H groups in total. The third kappa shape index (κ3) is 4.48. The summed E-state index contributed by atoms with van der Waals surface area (Å²) in [7, 11) is 1.76. The molecule has 2 heterocycles. The summed E-state index contributed by atoms with van der Waals surface area (Å²) in [6, 6.07) is 12.8. The second kappa shape index (κ2) is 8.15. The van der Waals surface area contributed by atoms with Gasteiger partial charge in [0, 0.05) is 50.4 Å². The summed E-state index contributed by atoms with van der Waals surface area (Å²) in [5.74, 6) is 0. The highest BCUT2D eigenvalue weighted by Gasteiger charge is 2.19. The second-order valence-electron chi connectivity index (χ2n) is 5.84. The number of hydrogen-bond acceptors (Lipinski definition) is 4. The SMILES string of the molecule is COCCc1ccccc1N1CCN(Cc2ccc(Cl)s2)CC1. The van der Waals surface area contributed by atoms with Crippen molar-refractivity contribution in [1.82, 2.24) is 4.90 Å². The lowest BCUT2D eigenvalue weighted by Crippen LogP contribution is -2.46. The van der Waals surface area contributed by atoms with Crippen molar-refractivity contribution in [3.8, 4) is 0 Å². The maximum atomic E-state index is 6.02. The van der Waals surface area contributed by atoms with Crippen LogP contribution in [0.25, 0.3) is 0 Å². The van der Waals surface area contributed by atoms with Crippen LogP contribution in [0, 0.1) is 0 Å². The van der Waals surface area contributed by atoms with E-state index in [2.05, 4.69) is 40.1 Å². The van der Waals surface area contributed by atoms with E-state index in [-0.39, 0.29) is 0 Å². The first-order valence-corrected chi connectivity index (χ1v) is 9.24. The Morgan fingerprint density at radius 3 is 2.57 bits per heavy atom. The van der Waals surface area contributed by atoms with Crippen molar-refractivity contribution < 1.29 is 4.74 Å². The molecule has 0 unspecified atom stereocenters. The summed E-state index contributed by atoms with van der Waals surface area (Å²) >= 11 is 7.71. The molecular formula is C18H23ClN2OS. The first-order valence-electron chi connectivity index (χ1n) is 8.04. The fraction of sp³-hybridized carbons (Fsp3) is 0.444. The number of para-hydroxylation sites is 1. The summed E-state index contributed by atoms with van der Waals surface area (Å²) in [5, 5.41) is 0. The topological polar surface area (TPSA) is 15.7 Å². The number of thiophene rings is 1. The number of ether oxygens (including phenoxy) is 1. The van der Waals surface area contributed by atoms with Gasteiger partial charge in [-0.2, -0.15) is 0 Å². The third-order valence-corrected chi connectivity index (χ3v) is 5.50. The van der Waals surface area contributed by atoms with Crippen LogP contribution in [0.4, 0.5) is 5.69 Å². The van der Waals surface area contributed by atoms with E-state index < -0.39 is 0 Å². The van der Waals surface area contributed by atoms with Gasteiger partial charge in [0.05, 0.1) is 10.9 Å². The number of piperazine rings is 1. The van der Waals surface area contributed by atoms with Crippen LogP contribution in [-0.4, -0.2) is 44.8 Å². The Hall–Kier alpha value is -1.07. The number of nitrogens with zero attached hydrogens (tertiary/aromatic N) is 2. The molecule has 5 heteroatoms. The Labute approximate surface area is 147 Å². The van der Waals surface area contributed by atoms with Gasteiger partial charge < -0.3 is 9.64 Å². The van der Waals surface area contributed by atoms with Crippen molar-refractivity contribution in [2.24, 2.45) is 0 Å². The molecule has 0 spiro atoms. The molecule has 3 nitrogen and oxygen atoms in total. The molecule has 0 bridgehead atoms. The van der Waals surface area contributed by atoms with Crippen LogP contribution in [0.3, 0.4) is 0 Å². The Bertz CT molecular complexity index is 623. The normalized spacial score (nSPS) is 16.0. The molecule has 2 aromatic rings. The molecule has 23 heavy (non-hydrogen) atoms. The Balaban J connectivity index is 1.58. The predicted molar refractivity (Wildman–Crippen MR) is 98.8 cm³/mol. The molecule has 1 aliphatic heterocycles. The van der Waals surface area contributed by atoms with E-state index in [0.29, 0.717) is 0 Å². The molecular weight excluding hydrogens is 328 g/mol. The smallest absolute Gasteiger partial charge is 0.0931 e. The number of rotatable bonds is 6. The maximum Gasteiger partial charge on any atom is 0.0931 e. The van der Waals surface area contributed by atoms with Gasteiger partial charge in [0.15, 0.2) is 0 Å². The third-order valence-electron chi connectivity index (χ3n) is 4.29. The molecule has 1 fully saturated rings. The Morgan fingerprint density at radius 1 is 1.09 bits per heavy atom. The number of hydrogen-bond donors (Lipinski definition) is 0. The van der Waals surface area contributed by atoms with E-state index in [1.807, 2.05) is 6.07 Å². The van der Waals surface area contributed by atoms with E-state index in [0.717, 1.165) is 50.1 Å². The summed E-state index contributed by atoms with van der Waals surface area (Å²) < 4.78 is 6.12. The van der Waals surface area contributed by atoms with Gasteiger partial charge in [0.25, 0.3) is 0 Å². The highest BCUT2D eigenvalue weighted by molar-refractivity contribution is 7.16. The van der Waals surface area contributed by atoms with Crippen LogP contribution < -0.4 is 4.90 Å². The summed E-state index contributed by atoms with van der Waals surface area (Å²) in [6.07, 6.45) is 0.973. The summed E-state index contributed by atoms with van der Waals surface area (Å²) in [5.41, 5.74) is 2.75. The molecule has 0 saturated carbocycles. The predicted octanol–water partition coefficient (Wildman–Crippen LogP) is 3.91. The standard InChI is InChI=1S/C18H23ClN2OS/c1-22-13-8-15-4-2-3-5-17(15)21-11-9-20(10-12-21)14-16-6-7-18(19)23-16/h2-7H,8-14H2,1H3. The minimum Gasteiger partial charge on any atom is -0.384 e. The molecule has 1 aliphatic rings. The molecule has 3 rings (SSSR count). The van der Waals surface area contributed by atoms with Gasteiger partial charge in [-0.05, 0) is 30.2 Å². The lowest BCUT2D eigenvalue weighted by molar-refractivity contribution is 0.202. The highest BCUT2D eigenvalue weighted by atomic mass is 35.5. The van der Waals surface area contributed by atoms with Crippen molar-refractivity contribution in [3.63, 3.8) is 0 Å².